The van der Waals surface area contributed by atoms with Crippen LogP contribution in [0.2, 0.25) is 0 Å². The van der Waals surface area contributed by atoms with Crippen LogP contribution in [0.5, 0.6) is 0 Å². The molecule has 0 atom stereocenters. The van der Waals surface area contributed by atoms with Gasteiger partial charge in [-0.05, 0) is 18.1 Å². The number of aromatic nitrogens is 4. The lowest BCUT2D eigenvalue weighted by atomic mass is 9.95. The van der Waals surface area contributed by atoms with Crippen LogP contribution >= 0.6 is 0 Å². The van der Waals surface area contributed by atoms with Gasteiger partial charge >= 0.3 is 0 Å². The van der Waals surface area contributed by atoms with Crippen molar-refractivity contribution in [1.82, 2.24) is 19.5 Å². The summed E-state index contributed by atoms with van der Waals surface area (Å²) in [4.78, 5) is 13.6. The molecule has 4 nitrogen and oxygen atoms in total. The number of fused-ring (bicyclic) bond motifs is 1. The largest absolute Gasteiger partial charge is 0.278 e. The van der Waals surface area contributed by atoms with Crippen LogP contribution in [0.1, 0.15) is 5.82 Å². The van der Waals surface area contributed by atoms with E-state index in [0.29, 0.717) is 5.65 Å². The summed E-state index contributed by atoms with van der Waals surface area (Å²) in [5, 5.41) is 0. The summed E-state index contributed by atoms with van der Waals surface area (Å²) < 4.78 is 2.12. The lowest BCUT2D eigenvalue weighted by Gasteiger charge is -2.18. The van der Waals surface area contributed by atoms with Crippen LogP contribution in [0, 0.1) is 6.92 Å². The molecule has 0 aliphatic carbocycles. The molecule has 2 aromatic heterocycles. The van der Waals surface area contributed by atoms with Gasteiger partial charge in [0.25, 0.3) is 0 Å². The van der Waals surface area contributed by atoms with Gasteiger partial charge < -0.3 is 0 Å². The van der Waals surface area contributed by atoms with Crippen LogP contribution in [-0.2, 0) is 0 Å². The third kappa shape index (κ3) is 2.67. The van der Waals surface area contributed by atoms with E-state index in [1.807, 2.05) is 19.1 Å². The molecular formula is C24H18N4. The first-order chi connectivity index (χ1) is 13.8. The highest BCUT2D eigenvalue weighted by Crippen LogP contribution is 2.37. The van der Waals surface area contributed by atoms with Crippen molar-refractivity contribution in [2.24, 2.45) is 0 Å². The summed E-state index contributed by atoms with van der Waals surface area (Å²) in [6.07, 6.45) is 3.40. The summed E-state index contributed by atoms with van der Waals surface area (Å²) in [6, 6.07) is 27.3. The minimum Gasteiger partial charge on any atom is -0.278 e. The van der Waals surface area contributed by atoms with Gasteiger partial charge in [-0.3, -0.25) is 4.57 Å². The molecule has 0 spiro atoms. The van der Waals surface area contributed by atoms with Crippen LogP contribution in [-0.4, -0.2) is 19.5 Å². The summed E-state index contributed by atoms with van der Waals surface area (Å²) in [5.74, 6) is 0.863. The van der Waals surface area contributed by atoms with Crippen LogP contribution in [0.3, 0.4) is 0 Å². The first-order valence-electron chi connectivity index (χ1n) is 9.23. The molecule has 4 heteroatoms. The number of nitrogens with zero attached hydrogens (tertiary/aromatic N) is 4. The summed E-state index contributed by atoms with van der Waals surface area (Å²) in [6.45, 7) is 2.00. The molecule has 0 unspecified atom stereocenters. The lowest BCUT2D eigenvalue weighted by Crippen LogP contribution is -2.03. The molecule has 134 valence electrons. The van der Waals surface area contributed by atoms with E-state index in [2.05, 4.69) is 86.2 Å². The Labute approximate surface area is 163 Å². The van der Waals surface area contributed by atoms with Crippen molar-refractivity contribution < 1.29 is 0 Å². The quantitative estimate of drug-likeness (QED) is 0.428. The Kier molecular flexibility index (Phi) is 3.95. The van der Waals surface area contributed by atoms with Crippen molar-refractivity contribution in [1.29, 1.82) is 0 Å². The van der Waals surface area contributed by atoms with Crippen molar-refractivity contribution in [2.75, 3.05) is 0 Å². The average Bonchev–Trinajstić information content (AvgIpc) is 3.10. The number of para-hydroxylation sites is 1. The number of hydrogen-bond acceptors (Lipinski definition) is 3. The SMILES string of the molecule is Cc1nc2nccnc2n1-c1c(-c2ccccc2)cccc1-c1ccccc1. The third-order valence-electron chi connectivity index (χ3n) is 4.89. The van der Waals surface area contributed by atoms with Crippen LogP contribution in [0.25, 0.3) is 39.2 Å². The van der Waals surface area contributed by atoms with Crippen LogP contribution in [0.4, 0.5) is 0 Å². The molecule has 5 rings (SSSR count). The highest BCUT2D eigenvalue weighted by Gasteiger charge is 2.19. The van der Waals surface area contributed by atoms with Gasteiger partial charge in [0.1, 0.15) is 5.82 Å². The van der Waals surface area contributed by atoms with Gasteiger partial charge in [0, 0.05) is 23.5 Å². The van der Waals surface area contributed by atoms with Crippen LogP contribution < -0.4 is 0 Å². The van der Waals surface area contributed by atoms with Crippen molar-refractivity contribution >= 4 is 11.3 Å². The zero-order valence-corrected chi connectivity index (χ0v) is 15.4. The fourth-order valence-corrected chi connectivity index (χ4v) is 3.67. The minimum atomic E-state index is 0.655. The van der Waals surface area contributed by atoms with Gasteiger partial charge in [0.15, 0.2) is 11.3 Å². The van der Waals surface area contributed by atoms with Crippen molar-refractivity contribution in [3.05, 3.63) is 97.1 Å². The molecule has 0 aliphatic rings. The fraction of sp³-hybridized carbons (Fsp3) is 0.0417. The van der Waals surface area contributed by atoms with Crippen molar-refractivity contribution in [2.45, 2.75) is 6.92 Å². The predicted molar refractivity (Wildman–Crippen MR) is 112 cm³/mol. The van der Waals surface area contributed by atoms with E-state index in [0.717, 1.165) is 39.4 Å². The maximum Gasteiger partial charge on any atom is 0.198 e. The molecule has 3 aromatic carbocycles. The predicted octanol–water partition coefficient (Wildman–Crippen LogP) is 5.46. The second kappa shape index (κ2) is 6.74. The summed E-state index contributed by atoms with van der Waals surface area (Å²) >= 11 is 0. The van der Waals surface area contributed by atoms with Gasteiger partial charge in [-0.1, -0.05) is 78.9 Å². The smallest absolute Gasteiger partial charge is 0.198 e. The molecule has 0 fully saturated rings. The Bertz CT molecular complexity index is 1200. The second-order valence-electron chi connectivity index (χ2n) is 6.63. The fourth-order valence-electron chi connectivity index (χ4n) is 3.67. The van der Waals surface area contributed by atoms with Gasteiger partial charge in [-0.15, -0.1) is 0 Å². The Morgan fingerprint density at radius 2 is 1.21 bits per heavy atom. The summed E-state index contributed by atoms with van der Waals surface area (Å²) in [7, 11) is 0. The van der Waals surface area contributed by atoms with Gasteiger partial charge in [0.05, 0.1) is 5.69 Å². The summed E-state index contributed by atoms with van der Waals surface area (Å²) in [5.41, 5.74) is 7.06. The Hall–Kier alpha value is -3.79. The molecule has 2 heterocycles. The van der Waals surface area contributed by atoms with Gasteiger partial charge in [0.2, 0.25) is 0 Å². The molecule has 0 N–H and O–H groups in total. The Balaban J connectivity index is 1.90. The van der Waals surface area contributed by atoms with E-state index >= 15 is 0 Å². The lowest BCUT2D eigenvalue weighted by molar-refractivity contribution is 0.990. The number of hydrogen-bond donors (Lipinski definition) is 0. The van der Waals surface area contributed by atoms with E-state index in [-0.39, 0.29) is 0 Å². The Morgan fingerprint density at radius 3 is 1.82 bits per heavy atom. The van der Waals surface area contributed by atoms with E-state index in [4.69, 9.17) is 0 Å². The number of benzene rings is 3. The molecule has 0 saturated carbocycles. The first kappa shape index (κ1) is 16.4. The molecule has 0 radical (unpaired) electrons. The molecule has 28 heavy (non-hydrogen) atoms. The zero-order valence-electron chi connectivity index (χ0n) is 15.4. The highest BCUT2D eigenvalue weighted by molar-refractivity contribution is 5.88. The van der Waals surface area contributed by atoms with E-state index < -0.39 is 0 Å². The van der Waals surface area contributed by atoms with Crippen molar-refractivity contribution in [3.8, 4) is 27.9 Å². The molecule has 0 aliphatic heterocycles. The first-order valence-corrected chi connectivity index (χ1v) is 9.23. The van der Waals surface area contributed by atoms with E-state index in [1.165, 1.54) is 0 Å². The molecular weight excluding hydrogens is 344 g/mol. The number of aryl methyl sites for hydroxylation is 1. The standard InChI is InChI=1S/C24H18N4/c1-17-27-23-24(26-16-15-25-23)28(17)22-20(18-9-4-2-5-10-18)13-8-14-21(22)19-11-6-3-7-12-19/h2-16H,1H3. The monoisotopic (exact) mass is 362 g/mol. The van der Waals surface area contributed by atoms with Gasteiger partial charge in [-0.25, -0.2) is 15.0 Å². The maximum atomic E-state index is 4.65. The average molecular weight is 362 g/mol. The zero-order chi connectivity index (χ0) is 18.9. The van der Waals surface area contributed by atoms with Crippen LogP contribution in [0.15, 0.2) is 91.3 Å². The topological polar surface area (TPSA) is 43.6 Å². The third-order valence-corrected chi connectivity index (χ3v) is 4.89. The van der Waals surface area contributed by atoms with Crippen molar-refractivity contribution in [3.63, 3.8) is 0 Å². The number of rotatable bonds is 3. The highest BCUT2D eigenvalue weighted by atomic mass is 15.2. The number of imidazole rings is 1. The normalized spacial score (nSPS) is 11.0. The minimum absolute atomic E-state index is 0.655. The molecule has 0 amide bonds. The molecule has 0 bridgehead atoms. The van der Waals surface area contributed by atoms with Gasteiger partial charge in [-0.2, -0.15) is 0 Å². The second-order valence-corrected chi connectivity index (χ2v) is 6.63. The van der Waals surface area contributed by atoms with E-state index in [1.54, 1.807) is 12.4 Å². The van der Waals surface area contributed by atoms with E-state index in [9.17, 15) is 0 Å². The molecule has 5 aromatic rings. The maximum absolute atomic E-state index is 4.65. The Morgan fingerprint density at radius 1 is 0.643 bits per heavy atom. The molecule has 0 saturated heterocycles.